The minimum Gasteiger partial charge on any atom is -0.383 e. The third-order valence-corrected chi connectivity index (χ3v) is 3.37. The Bertz CT molecular complexity index is 185. The molecule has 0 unspecified atom stereocenters. The summed E-state index contributed by atoms with van der Waals surface area (Å²) in [4.78, 5) is 5.20. The molecule has 1 fully saturated rings. The summed E-state index contributed by atoms with van der Waals surface area (Å²) in [6, 6.07) is 0.725. The van der Waals surface area contributed by atoms with Gasteiger partial charge in [-0.15, -0.1) is 0 Å². The molecule has 3 heteroatoms. The smallest absolute Gasteiger partial charge is 0.0589 e. The minimum absolute atomic E-state index is 0.725. The summed E-state index contributed by atoms with van der Waals surface area (Å²) in [5, 5.41) is 0. The lowest BCUT2D eigenvalue weighted by molar-refractivity contribution is 0.0452. The van der Waals surface area contributed by atoms with Crippen LogP contribution in [0.3, 0.4) is 0 Å². The van der Waals surface area contributed by atoms with Gasteiger partial charge in [-0.1, -0.05) is 20.8 Å². The molecule has 1 heterocycles. The summed E-state index contributed by atoms with van der Waals surface area (Å²) in [6.07, 6.45) is 1.25. The van der Waals surface area contributed by atoms with Gasteiger partial charge in [0.2, 0.25) is 0 Å². The quantitative estimate of drug-likeness (QED) is 0.688. The van der Waals surface area contributed by atoms with Crippen LogP contribution in [-0.4, -0.2) is 62.3 Å². The summed E-state index contributed by atoms with van der Waals surface area (Å²) >= 11 is 0. The first-order valence-electron chi connectivity index (χ1n) is 6.62. The molecular formula is C13H28N2O. The van der Waals surface area contributed by atoms with Crippen molar-refractivity contribution in [2.75, 3.05) is 46.4 Å². The monoisotopic (exact) mass is 228 g/mol. The molecule has 1 saturated heterocycles. The SMILES string of the molecule is CC[C@@H]1CN(CC(C)C)CCN1CCOC. The zero-order chi connectivity index (χ0) is 12.0. The van der Waals surface area contributed by atoms with Gasteiger partial charge in [0.15, 0.2) is 0 Å². The third-order valence-electron chi connectivity index (χ3n) is 3.37. The van der Waals surface area contributed by atoms with Crippen molar-refractivity contribution >= 4 is 0 Å². The van der Waals surface area contributed by atoms with E-state index in [0.29, 0.717) is 0 Å². The summed E-state index contributed by atoms with van der Waals surface area (Å²) in [7, 11) is 1.79. The molecule has 1 rings (SSSR count). The Morgan fingerprint density at radius 1 is 1.31 bits per heavy atom. The second-order valence-corrected chi connectivity index (χ2v) is 5.24. The third kappa shape index (κ3) is 4.40. The van der Waals surface area contributed by atoms with Gasteiger partial charge in [-0.3, -0.25) is 4.90 Å². The number of hydrogen-bond acceptors (Lipinski definition) is 3. The van der Waals surface area contributed by atoms with Crippen LogP contribution in [0.15, 0.2) is 0 Å². The van der Waals surface area contributed by atoms with E-state index in [1.165, 1.54) is 32.6 Å². The maximum absolute atomic E-state index is 5.17. The van der Waals surface area contributed by atoms with Crippen molar-refractivity contribution in [3.8, 4) is 0 Å². The van der Waals surface area contributed by atoms with Gasteiger partial charge >= 0.3 is 0 Å². The predicted molar refractivity (Wildman–Crippen MR) is 68.8 cm³/mol. The normalized spacial score (nSPS) is 24.2. The molecule has 3 nitrogen and oxygen atoms in total. The second kappa shape index (κ2) is 7.25. The minimum atomic E-state index is 0.725. The Hall–Kier alpha value is -0.120. The average Bonchev–Trinajstić information content (AvgIpc) is 2.26. The number of methoxy groups -OCH3 is 1. The van der Waals surface area contributed by atoms with E-state index in [2.05, 4.69) is 30.6 Å². The van der Waals surface area contributed by atoms with Crippen LogP contribution in [0.4, 0.5) is 0 Å². The maximum Gasteiger partial charge on any atom is 0.0589 e. The van der Waals surface area contributed by atoms with Gasteiger partial charge in [-0.25, -0.2) is 0 Å². The zero-order valence-corrected chi connectivity index (χ0v) is 11.4. The Balaban J connectivity index is 2.37. The van der Waals surface area contributed by atoms with Gasteiger partial charge in [0.1, 0.15) is 0 Å². The van der Waals surface area contributed by atoms with Crippen molar-refractivity contribution in [3.05, 3.63) is 0 Å². The van der Waals surface area contributed by atoms with Crippen LogP contribution in [0, 0.1) is 5.92 Å². The first-order valence-corrected chi connectivity index (χ1v) is 6.62. The molecule has 0 saturated carbocycles. The molecule has 0 spiro atoms. The fraction of sp³-hybridized carbons (Fsp3) is 1.00. The van der Waals surface area contributed by atoms with Crippen LogP contribution in [-0.2, 0) is 4.74 Å². The summed E-state index contributed by atoms with van der Waals surface area (Å²) in [5.41, 5.74) is 0. The van der Waals surface area contributed by atoms with E-state index in [0.717, 1.165) is 25.1 Å². The topological polar surface area (TPSA) is 15.7 Å². The molecule has 0 aromatic heterocycles. The fourth-order valence-electron chi connectivity index (χ4n) is 2.53. The zero-order valence-electron chi connectivity index (χ0n) is 11.4. The molecule has 0 aliphatic carbocycles. The van der Waals surface area contributed by atoms with E-state index in [1.807, 2.05) is 0 Å². The van der Waals surface area contributed by atoms with Gasteiger partial charge in [-0.05, 0) is 12.3 Å². The van der Waals surface area contributed by atoms with E-state index in [4.69, 9.17) is 4.74 Å². The molecule has 0 aromatic carbocycles. The van der Waals surface area contributed by atoms with Crippen LogP contribution in [0.25, 0.3) is 0 Å². The molecular weight excluding hydrogens is 200 g/mol. The molecule has 1 aliphatic heterocycles. The van der Waals surface area contributed by atoms with Gasteiger partial charge in [-0.2, -0.15) is 0 Å². The number of nitrogens with zero attached hydrogens (tertiary/aromatic N) is 2. The van der Waals surface area contributed by atoms with Crippen molar-refractivity contribution in [1.29, 1.82) is 0 Å². The van der Waals surface area contributed by atoms with E-state index in [9.17, 15) is 0 Å². The molecule has 0 aromatic rings. The average molecular weight is 228 g/mol. The highest BCUT2D eigenvalue weighted by Gasteiger charge is 2.25. The lowest BCUT2D eigenvalue weighted by Crippen LogP contribution is -2.54. The van der Waals surface area contributed by atoms with Crippen LogP contribution in [0.1, 0.15) is 27.2 Å². The maximum atomic E-state index is 5.17. The molecule has 0 N–H and O–H groups in total. The van der Waals surface area contributed by atoms with Gasteiger partial charge in [0.25, 0.3) is 0 Å². The van der Waals surface area contributed by atoms with Crippen molar-refractivity contribution < 1.29 is 4.74 Å². The van der Waals surface area contributed by atoms with E-state index < -0.39 is 0 Å². The van der Waals surface area contributed by atoms with Crippen LogP contribution in [0.5, 0.6) is 0 Å². The lowest BCUT2D eigenvalue weighted by Gasteiger charge is -2.41. The van der Waals surface area contributed by atoms with Crippen molar-refractivity contribution in [2.45, 2.75) is 33.2 Å². The lowest BCUT2D eigenvalue weighted by atomic mass is 10.1. The standard InChI is InChI=1S/C13H28N2O/c1-5-13-11-14(10-12(2)3)6-7-15(13)8-9-16-4/h12-13H,5-11H2,1-4H3/t13-/m1/s1. The number of piperazine rings is 1. The van der Waals surface area contributed by atoms with Crippen LogP contribution < -0.4 is 0 Å². The van der Waals surface area contributed by atoms with Crippen LogP contribution in [0.2, 0.25) is 0 Å². The highest BCUT2D eigenvalue weighted by Crippen LogP contribution is 2.13. The van der Waals surface area contributed by atoms with Crippen molar-refractivity contribution in [3.63, 3.8) is 0 Å². The fourth-order valence-corrected chi connectivity index (χ4v) is 2.53. The van der Waals surface area contributed by atoms with Crippen molar-refractivity contribution in [1.82, 2.24) is 9.80 Å². The highest BCUT2D eigenvalue weighted by molar-refractivity contribution is 4.81. The molecule has 16 heavy (non-hydrogen) atoms. The molecule has 96 valence electrons. The molecule has 0 radical (unpaired) electrons. The van der Waals surface area contributed by atoms with E-state index >= 15 is 0 Å². The summed E-state index contributed by atoms with van der Waals surface area (Å²) in [5.74, 6) is 0.781. The van der Waals surface area contributed by atoms with E-state index in [1.54, 1.807) is 7.11 Å². The Kier molecular flexibility index (Phi) is 6.32. The second-order valence-electron chi connectivity index (χ2n) is 5.24. The first-order chi connectivity index (χ1) is 7.67. The molecule has 0 bridgehead atoms. The molecule has 1 aliphatic rings. The Morgan fingerprint density at radius 3 is 2.62 bits per heavy atom. The van der Waals surface area contributed by atoms with Gasteiger partial charge < -0.3 is 9.64 Å². The first kappa shape index (κ1) is 13.9. The van der Waals surface area contributed by atoms with E-state index in [-0.39, 0.29) is 0 Å². The molecule has 1 atom stereocenters. The van der Waals surface area contributed by atoms with Crippen LogP contribution >= 0.6 is 0 Å². The van der Waals surface area contributed by atoms with Gasteiger partial charge in [0, 0.05) is 45.9 Å². The largest absolute Gasteiger partial charge is 0.383 e. The predicted octanol–water partition coefficient (Wildman–Crippen LogP) is 1.69. The molecule has 0 amide bonds. The number of ether oxygens (including phenoxy) is 1. The number of rotatable bonds is 6. The highest BCUT2D eigenvalue weighted by atomic mass is 16.5. The summed E-state index contributed by atoms with van der Waals surface area (Å²) in [6.45, 7) is 13.8. The Labute approximate surface area is 101 Å². The van der Waals surface area contributed by atoms with Crippen molar-refractivity contribution in [2.24, 2.45) is 5.92 Å². The number of hydrogen-bond donors (Lipinski definition) is 0. The summed E-state index contributed by atoms with van der Waals surface area (Å²) < 4.78 is 5.17. The van der Waals surface area contributed by atoms with Gasteiger partial charge in [0.05, 0.1) is 6.61 Å². The Morgan fingerprint density at radius 2 is 2.06 bits per heavy atom.